The van der Waals surface area contributed by atoms with E-state index in [0.29, 0.717) is 20.3 Å². The molecule has 3 aromatic rings. The van der Waals surface area contributed by atoms with E-state index in [1.165, 1.54) is 30.3 Å². The van der Waals surface area contributed by atoms with Crippen molar-refractivity contribution in [2.75, 3.05) is 15.4 Å². The number of hydrogen-bond donors (Lipinski definition) is 2. The molecule has 4 N–H and O–H groups in total. The Bertz CT molecular complexity index is 1100. The molecule has 0 aliphatic carbocycles. The fourth-order valence-corrected chi connectivity index (χ4v) is 2.72. The van der Waals surface area contributed by atoms with Crippen molar-refractivity contribution in [2.45, 2.75) is 6.92 Å². The number of nitrogen functional groups attached to an aromatic ring is 2. The number of aryl methyl sites for hydroxylation is 1. The number of para-hydroxylation sites is 2. The zero-order valence-electron chi connectivity index (χ0n) is 16.4. The van der Waals surface area contributed by atoms with Crippen molar-refractivity contribution in [3.05, 3.63) is 96.5 Å². The quantitative estimate of drug-likeness (QED) is 0.168. The second-order valence-electron chi connectivity index (χ2n) is 5.97. The number of nitrogens with zero attached hydrogens (tertiary/aromatic N) is 3. The Labute approximate surface area is 203 Å². The molecule has 3 rings (SSSR count). The summed E-state index contributed by atoms with van der Waals surface area (Å²) in [6, 6.07) is 15.4. The van der Waals surface area contributed by atoms with Crippen LogP contribution in [0.5, 0.6) is 0 Å². The van der Waals surface area contributed by atoms with Gasteiger partial charge < -0.3 is 11.5 Å². The summed E-state index contributed by atoms with van der Waals surface area (Å²) in [5, 5.41) is 21.4. The Morgan fingerprint density at radius 1 is 0.812 bits per heavy atom. The number of nitro benzene ring substituents is 2. The molecule has 0 radical (unpaired) electrons. The van der Waals surface area contributed by atoms with Crippen LogP contribution in [-0.2, 0) is 0 Å². The summed E-state index contributed by atoms with van der Waals surface area (Å²) in [7, 11) is 0. The summed E-state index contributed by atoms with van der Waals surface area (Å²) in [5.41, 5.74) is 12.9. The number of hydrogen-bond acceptors (Lipinski definition) is 7. The molecule has 0 unspecified atom stereocenters. The van der Waals surface area contributed by atoms with Crippen LogP contribution < -0.4 is 15.4 Å². The van der Waals surface area contributed by atoms with Gasteiger partial charge in [-0.05, 0) is 36.8 Å². The van der Waals surface area contributed by atoms with Crippen molar-refractivity contribution in [1.29, 1.82) is 0 Å². The van der Waals surface area contributed by atoms with Crippen molar-refractivity contribution < 1.29 is 9.85 Å². The van der Waals surface area contributed by atoms with Crippen LogP contribution in [-0.4, -0.2) is 9.85 Å². The molecule has 0 bridgehead atoms. The largest absolute Gasteiger partial charge is 0.398 e. The van der Waals surface area contributed by atoms with Gasteiger partial charge in [0.05, 0.1) is 31.3 Å². The molecule has 9 nitrogen and oxygen atoms in total. The van der Waals surface area contributed by atoms with E-state index in [-0.39, 0.29) is 22.1 Å². The summed E-state index contributed by atoms with van der Waals surface area (Å²) in [4.78, 5) is 19.5. The third kappa shape index (κ3) is 8.64. The lowest BCUT2D eigenvalue weighted by atomic mass is 10.2. The van der Waals surface area contributed by atoms with E-state index in [1.807, 2.05) is 19.1 Å². The van der Waals surface area contributed by atoms with Crippen LogP contribution in [0.25, 0.3) is 0 Å². The molecule has 0 spiro atoms. The summed E-state index contributed by atoms with van der Waals surface area (Å²) in [5.74, 6) is 0. The minimum absolute atomic E-state index is 0.0517. The Hall–Kier alpha value is -2.98. The highest BCUT2D eigenvalue weighted by Gasteiger charge is 2.15. The molecule has 0 heterocycles. The van der Waals surface area contributed by atoms with E-state index in [1.54, 1.807) is 18.2 Å². The van der Waals surface area contributed by atoms with Gasteiger partial charge in [0, 0.05) is 41.8 Å². The number of benzene rings is 3. The summed E-state index contributed by atoms with van der Waals surface area (Å²) < 4.78 is 0.665. The Kier molecular flexibility index (Phi) is 10.8. The molecule has 170 valence electrons. The second kappa shape index (κ2) is 12.8. The van der Waals surface area contributed by atoms with Gasteiger partial charge in [0.25, 0.3) is 11.4 Å². The van der Waals surface area contributed by atoms with Crippen molar-refractivity contribution in [1.82, 2.24) is 0 Å². The number of non-ortho nitro benzene ring substituents is 1. The SMILES string of the molecule is Cc1ccc(N)c(Cl)c1.Nc1ccc([N+](=O)[O-])cc1Cl.O=[N+]([O-])c1ccccc1N(Cl)Cl. The molecule has 32 heavy (non-hydrogen) atoms. The van der Waals surface area contributed by atoms with Crippen molar-refractivity contribution in [2.24, 2.45) is 0 Å². The topological polar surface area (TPSA) is 142 Å². The van der Waals surface area contributed by atoms with Gasteiger partial charge in [-0.2, -0.15) is 3.94 Å². The van der Waals surface area contributed by atoms with E-state index >= 15 is 0 Å². The molecule has 0 fully saturated rings. The highest BCUT2D eigenvalue weighted by molar-refractivity contribution is 6.49. The predicted molar refractivity (Wildman–Crippen MR) is 130 cm³/mol. The lowest BCUT2D eigenvalue weighted by Gasteiger charge is -2.04. The number of nitro groups is 2. The molecule has 0 aromatic heterocycles. The molecule has 0 amide bonds. The van der Waals surface area contributed by atoms with Crippen molar-refractivity contribution >= 4 is 75.2 Å². The summed E-state index contributed by atoms with van der Waals surface area (Å²) in [6.45, 7) is 1.98. The lowest BCUT2D eigenvalue weighted by molar-refractivity contribution is -0.384. The first-order valence-corrected chi connectivity index (χ1v) is 9.93. The van der Waals surface area contributed by atoms with E-state index < -0.39 is 9.85 Å². The summed E-state index contributed by atoms with van der Waals surface area (Å²) >= 11 is 21.9. The molecule has 0 saturated heterocycles. The third-order valence-electron chi connectivity index (χ3n) is 3.61. The number of rotatable bonds is 3. The van der Waals surface area contributed by atoms with Gasteiger partial charge in [-0.1, -0.05) is 41.4 Å². The fraction of sp³-hybridized carbons (Fsp3) is 0.0526. The van der Waals surface area contributed by atoms with Crippen LogP contribution in [0.1, 0.15) is 5.56 Å². The summed E-state index contributed by atoms with van der Waals surface area (Å²) in [6.07, 6.45) is 0. The van der Waals surface area contributed by atoms with Crippen LogP contribution in [0.3, 0.4) is 0 Å². The minimum atomic E-state index is -0.549. The fourth-order valence-electron chi connectivity index (χ4n) is 2.02. The molecular weight excluding hydrogens is 504 g/mol. The maximum Gasteiger partial charge on any atom is 0.295 e. The van der Waals surface area contributed by atoms with Crippen LogP contribution in [0.4, 0.5) is 28.4 Å². The van der Waals surface area contributed by atoms with Gasteiger partial charge in [0.1, 0.15) is 5.69 Å². The standard InChI is InChI=1S/C7H8ClN.C6H4Cl2N2O2.C6H5ClN2O2/c1-5-2-3-7(9)6(8)4-5;7-9(8)5-3-1-2-4-6(5)10(11)12;7-5-3-4(9(10)11)1-2-6(5)8/h2-4H,9H2,1H3;1-4H;1-3H,8H2. The third-order valence-corrected chi connectivity index (χ3v) is 4.63. The van der Waals surface area contributed by atoms with E-state index in [2.05, 4.69) is 0 Å². The highest BCUT2D eigenvalue weighted by Crippen LogP contribution is 2.30. The number of halogens is 4. The smallest absolute Gasteiger partial charge is 0.295 e. The zero-order valence-corrected chi connectivity index (χ0v) is 19.4. The van der Waals surface area contributed by atoms with Crippen LogP contribution in [0, 0.1) is 27.2 Å². The molecule has 0 saturated carbocycles. The Morgan fingerprint density at radius 3 is 1.75 bits per heavy atom. The van der Waals surface area contributed by atoms with Crippen LogP contribution >= 0.6 is 46.8 Å². The maximum atomic E-state index is 10.4. The number of nitrogens with two attached hydrogens (primary N) is 2. The van der Waals surface area contributed by atoms with E-state index in [9.17, 15) is 20.2 Å². The average molecular weight is 521 g/mol. The van der Waals surface area contributed by atoms with Gasteiger partial charge in [0.2, 0.25) is 0 Å². The number of anilines is 3. The molecule has 0 aliphatic rings. The first-order valence-electron chi connectivity index (χ1n) is 8.50. The average Bonchev–Trinajstić information content (AvgIpc) is 2.73. The second-order valence-corrected chi connectivity index (χ2v) is 7.63. The monoisotopic (exact) mass is 519 g/mol. The molecule has 0 atom stereocenters. The van der Waals surface area contributed by atoms with Gasteiger partial charge in [-0.15, -0.1) is 0 Å². The molecule has 0 aliphatic heterocycles. The molecule has 13 heteroatoms. The highest BCUT2D eigenvalue weighted by atomic mass is 35.5. The van der Waals surface area contributed by atoms with Gasteiger partial charge >= 0.3 is 0 Å². The van der Waals surface area contributed by atoms with Crippen LogP contribution in [0.15, 0.2) is 60.7 Å². The predicted octanol–water partition coefficient (Wildman–Crippen LogP) is 6.77. The minimum Gasteiger partial charge on any atom is -0.398 e. The Morgan fingerprint density at radius 2 is 1.34 bits per heavy atom. The van der Waals surface area contributed by atoms with Crippen molar-refractivity contribution in [3.8, 4) is 0 Å². The first kappa shape index (κ1) is 27.1. The van der Waals surface area contributed by atoms with Crippen molar-refractivity contribution in [3.63, 3.8) is 0 Å². The Balaban J connectivity index is 0.000000242. The zero-order chi connectivity index (χ0) is 24.4. The normalized spacial score (nSPS) is 9.53. The molecular formula is C19H17Cl4N5O4. The van der Waals surface area contributed by atoms with Gasteiger partial charge in [-0.3, -0.25) is 20.2 Å². The van der Waals surface area contributed by atoms with E-state index in [4.69, 9.17) is 58.2 Å². The van der Waals surface area contributed by atoms with Gasteiger partial charge in [-0.25, -0.2) is 0 Å². The first-order chi connectivity index (χ1) is 14.9. The maximum absolute atomic E-state index is 10.4. The lowest BCUT2D eigenvalue weighted by Crippen LogP contribution is -1.97. The van der Waals surface area contributed by atoms with Crippen LogP contribution in [0.2, 0.25) is 10.0 Å². The van der Waals surface area contributed by atoms with Gasteiger partial charge in [0.15, 0.2) is 0 Å². The van der Waals surface area contributed by atoms with E-state index in [0.717, 1.165) is 5.56 Å². The molecule has 3 aromatic carbocycles.